The van der Waals surface area contributed by atoms with Crippen LogP contribution in [0, 0.1) is 5.92 Å². The van der Waals surface area contributed by atoms with Crippen LogP contribution in [0.25, 0.3) is 0 Å². The number of guanidine groups is 1. The van der Waals surface area contributed by atoms with Crippen molar-refractivity contribution >= 4 is 23.2 Å². The van der Waals surface area contributed by atoms with E-state index in [1.54, 1.807) is 7.05 Å². The smallest absolute Gasteiger partial charge is 0.261 e. The number of aliphatic imine (C=N–C) groups is 1. The molecule has 2 rings (SSSR count). The molecule has 0 radical (unpaired) electrons. The molecule has 0 spiro atoms. The van der Waals surface area contributed by atoms with E-state index in [0.29, 0.717) is 24.5 Å². The normalized spacial score (nSPS) is 21.6. The van der Waals surface area contributed by atoms with Gasteiger partial charge in [-0.05, 0) is 37.6 Å². The van der Waals surface area contributed by atoms with Gasteiger partial charge in [0.2, 0.25) is 0 Å². The quantitative estimate of drug-likeness (QED) is 0.391. The van der Waals surface area contributed by atoms with Crippen molar-refractivity contribution in [2.45, 2.75) is 39.3 Å². The number of carbonyl (C=O) groups excluding carboxylic acids is 1. The number of likely N-dealkylation sites (tertiary alicyclic amines) is 1. The van der Waals surface area contributed by atoms with Gasteiger partial charge in [-0.15, -0.1) is 11.3 Å². The largest absolute Gasteiger partial charge is 0.356 e. The summed E-state index contributed by atoms with van der Waals surface area (Å²) in [6.45, 7) is 10.4. The third-order valence-electron chi connectivity index (χ3n) is 4.59. The Kier molecular flexibility index (Phi) is 7.71. The minimum Gasteiger partial charge on any atom is -0.356 e. The molecule has 1 aliphatic rings. The Labute approximate surface area is 155 Å². The molecular formula is C18H31N5OS. The number of nitrogens with zero attached hydrogens (tertiary/aromatic N) is 2. The molecule has 6 nitrogen and oxygen atoms in total. The standard InChI is InChI=1S/C18H31N5OS/c1-13(2)23-11-14(3)15(12-23)22-18(19-4)21-9-6-8-20-17(24)16-7-5-10-25-16/h5,7,10,13-15H,6,8-9,11-12H2,1-4H3,(H,20,24)(H2,19,21,22). The number of nitrogens with one attached hydrogen (secondary N) is 3. The van der Waals surface area contributed by atoms with Crippen molar-refractivity contribution in [2.75, 3.05) is 33.2 Å². The molecule has 1 aromatic rings. The number of thiophene rings is 1. The van der Waals surface area contributed by atoms with Gasteiger partial charge in [-0.2, -0.15) is 0 Å². The Bertz CT molecular complexity index is 558. The second kappa shape index (κ2) is 9.77. The highest BCUT2D eigenvalue weighted by molar-refractivity contribution is 7.12. The van der Waals surface area contributed by atoms with Crippen LogP contribution in [0.15, 0.2) is 22.5 Å². The van der Waals surface area contributed by atoms with E-state index in [-0.39, 0.29) is 5.91 Å². The summed E-state index contributed by atoms with van der Waals surface area (Å²) in [6.07, 6.45) is 0.857. The van der Waals surface area contributed by atoms with Gasteiger partial charge in [-0.1, -0.05) is 13.0 Å². The number of carbonyl (C=O) groups is 1. The third kappa shape index (κ3) is 6.01. The highest BCUT2D eigenvalue weighted by atomic mass is 32.1. The first kappa shape index (κ1) is 19.7. The van der Waals surface area contributed by atoms with Crippen LogP contribution in [0.5, 0.6) is 0 Å². The third-order valence-corrected chi connectivity index (χ3v) is 5.46. The van der Waals surface area contributed by atoms with Gasteiger partial charge >= 0.3 is 0 Å². The lowest BCUT2D eigenvalue weighted by molar-refractivity contribution is 0.0957. The molecule has 2 atom stereocenters. The van der Waals surface area contributed by atoms with Crippen molar-refractivity contribution < 1.29 is 4.79 Å². The van der Waals surface area contributed by atoms with Crippen LogP contribution < -0.4 is 16.0 Å². The molecule has 2 unspecified atom stereocenters. The molecule has 1 aliphatic heterocycles. The summed E-state index contributed by atoms with van der Waals surface area (Å²) in [5.41, 5.74) is 0. The molecule has 140 valence electrons. The van der Waals surface area contributed by atoms with Crippen molar-refractivity contribution in [3.8, 4) is 0 Å². The second-order valence-corrected chi connectivity index (χ2v) is 7.81. The van der Waals surface area contributed by atoms with Gasteiger partial charge < -0.3 is 16.0 Å². The first-order valence-electron chi connectivity index (χ1n) is 9.04. The molecule has 0 bridgehead atoms. The molecule has 0 saturated carbocycles. The molecule has 1 saturated heterocycles. The molecular weight excluding hydrogens is 334 g/mol. The highest BCUT2D eigenvalue weighted by Gasteiger charge is 2.31. The first-order chi connectivity index (χ1) is 12.0. The van der Waals surface area contributed by atoms with Crippen LogP contribution in [-0.4, -0.2) is 62.1 Å². The van der Waals surface area contributed by atoms with Gasteiger partial charge in [0, 0.05) is 45.3 Å². The molecule has 7 heteroatoms. The lowest BCUT2D eigenvalue weighted by atomic mass is 10.1. The minimum absolute atomic E-state index is 0.00562. The molecule has 2 heterocycles. The topological polar surface area (TPSA) is 68.8 Å². The van der Waals surface area contributed by atoms with E-state index in [0.717, 1.165) is 36.9 Å². The summed E-state index contributed by atoms with van der Waals surface area (Å²) in [4.78, 5) is 19.4. The number of hydrogen-bond acceptors (Lipinski definition) is 4. The van der Waals surface area contributed by atoms with Gasteiger partial charge in [0.25, 0.3) is 5.91 Å². The SMILES string of the molecule is CN=C(NCCCNC(=O)c1cccs1)NC1CN(C(C)C)CC1C. The Balaban J connectivity index is 1.64. The maximum Gasteiger partial charge on any atom is 0.261 e. The zero-order valence-electron chi connectivity index (χ0n) is 15.7. The molecule has 0 aromatic carbocycles. The van der Waals surface area contributed by atoms with E-state index in [1.165, 1.54) is 11.3 Å². The Morgan fingerprint density at radius 3 is 2.72 bits per heavy atom. The van der Waals surface area contributed by atoms with Gasteiger partial charge in [0.1, 0.15) is 0 Å². The molecule has 3 N–H and O–H groups in total. The lowest BCUT2D eigenvalue weighted by Gasteiger charge is -2.22. The van der Waals surface area contributed by atoms with E-state index in [4.69, 9.17) is 0 Å². The van der Waals surface area contributed by atoms with E-state index >= 15 is 0 Å². The highest BCUT2D eigenvalue weighted by Crippen LogP contribution is 2.18. The zero-order valence-corrected chi connectivity index (χ0v) is 16.5. The van der Waals surface area contributed by atoms with E-state index in [1.807, 2.05) is 17.5 Å². The minimum atomic E-state index is 0.00562. The Morgan fingerprint density at radius 2 is 2.12 bits per heavy atom. The van der Waals surface area contributed by atoms with Gasteiger partial charge in [0.15, 0.2) is 5.96 Å². The van der Waals surface area contributed by atoms with Gasteiger partial charge in [0.05, 0.1) is 4.88 Å². The fourth-order valence-electron chi connectivity index (χ4n) is 2.98. The summed E-state index contributed by atoms with van der Waals surface area (Å²) in [6, 6.07) is 4.73. The van der Waals surface area contributed by atoms with Crippen LogP contribution in [0.4, 0.5) is 0 Å². The molecule has 0 aliphatic carbocycles. The summed E-state index contributed by atoms with van der Waals surface area (Å²) >= 11 is 1.46. The molecule has 25 heavy (non-hydrogen) atoms. The van der Waals surface area contributed by atoms with Gasteiger partial charge in [-0.3, -0.25) is 14.7 Å². The number of hydrogen-bond donors (Lipinski definition) is 3. The fraction of sp³-hybridized carbons (Fsp3) is 0.667. The predicted octanol–water partition coefficient (Wildman–Crippen LogP) is 1.76. The number of rotatable bonds is 7. The van der Waals surface area contributed by atoms with Crippen LogP contribution in [-0.2, 0) is 0 Å². The van der Waals surface area contributed by atoms with Crippen LogP contribution in [0.1, 0.15) is 36.9 Å². The first-order valence-corrected chi connectivity index (χ1v) is 9.92. The monoisotopic (exact) mass is 365 g/mol. The number of amides is 1. The van der Waals surface area contributed by atoms with Crippen molar-refractivity contribution in [2.24, 2.45) is 10.9 Å². The molecule has 1 aromatic heterocycles. The summed E-state index contributed by atoms with van der Waals surface area (Å²) in [7, 11) is 1.80. The fourth-order valence-corrected chi connectivity index (χ4v) is 3.62. The summed E-state index contributed by atoms with van der Waals surface area (Å²) in [5, 5.41) is 11.7. The average molecular weight is 366 g/mol. The van der Waals surface area contributed by atoms with Crippen LogP contribution in [0.3, 0.4) is 0 Å². The Hall–Kier alpha value is -1.60. The zero-order chi connectivity index (χ0) is 18.2. The van der Waals surface area contributed by atoms with E-state index in [9.17, 15) is 4.79 Å². The van der Waals surface area contributed by atoms with Crippen molar-refractivity contribution in [1.82, 2.24) is 20.9 Å². The Morgan fingerprint density at radius 1 is 1.36 bits per heavy atom. The maximum absolute atomic E-state index is 11.8. The molecule has 1 fully saturated rings. The second-order valence-electron chi connectivity index (χ2n) is 6.86. The van der Waals surface area contributed by atoms with E-state index < -0.39 is 0 Å². The summed E-state index contributed by atoms with van der Waals surface area (Å²) < 4.78 is 0. The van der Waals surface area contributed by atoms with E-state index in [2.05, 4.69) is 46.6 Å². The van der Waals surface area contributed by atoms with Gasteiger partial charge in [-0.25, -0.2) is 0 Å². The van der Waals surface area contributed by atoms with Crippen molar-refractivity contribution in [3.05, 3.63) is 22.4 Å². The average Bonchev–Trinajstić information content (AvgIpc) is 3.23. The van der Waals surface area contributed by atoms with Crippen LogP contribution in [0.2, 0.25) is 0 Å². The van der Waals surface area contributed by atoms with Crippen LogP contribution >= 0.6 is 11.3 Å². The predicted molar refractivity (Wildman–Crippen MR) is 105 cm³/mol. The lowest BCUT2D eigenvalue weighted by Crippen LogP contribution is -2.47. The molecule has 1 amide bonds. The van der Waals surface area contributed by atoms with Crippen molar-refractivity contribution in [3.63, 3.8) is 0 Å². The maximum atomic E-state index is 11.8. The summed E-state index contributed by atoms with van der Waals surface area (Å²) in [5.74, 6) is 1.45. The van der Waals surface area contributed by atoms with Crippen molar-refractivity contribution in [1.29, 1.82) is 0 Å².